The van der Waals surface area contributed by atoms with Crippen molar-refractivity contribution in [3.63, 3.8) is 0 Å². The van der Waals surface area contributed by atoms with E-state index in [0.29, 0.717) is 6.07 Å². The Bertz CT molecular complexity index is 680. The molecule has 1 N–H and O–H groups in total. The van der Waals surface area contributed by atoms with E-state index in [1.54, 1.807) is 0 Å². The van der Waals surface area contributed by atoms with Crippen LogP contribution < -0.4 is 4.74 Å². The lowest BCUT2D eigenvalue weighted by molar-refractivity contribution is -0.138. The Morgan fingerprint density at radius 2 is 1.71 bits per heavy atom. The van der Waals surface area contributed by atoms with E-state index in [-0.39, 0.29) is 11.5 Å². The fourth-order valence-corrected chi connectivity index (χ4v) is 1.67. The first-order valence-electron chi connectivity index (χ1n) is 5.65. The summed E-state index contributed by atoms with van der Waals surface area (Å²) in [5, 5.41) is 8.76. The minimum atomic E-state index is -4.84. The van der Waals surface area contributed by atoms with Crippen molar-refractivity contribution in [1.82, 2.24) is 0 Å². The Hall–Kier alpha value is -2.57. The fraction of sp³-hybridized carbons (Fsp3) is 0.0714. The Morgan fingerprint density at radius 3 is 2.29 bits per heavy atom. The van der Waals surface area contributed by atoms with E-state index in [1.165, 1.54) is 12.1 Å². The first-order valence-corrected chi connectivity index (χ1v) is 5.65. The standard InChI is InChI=1S/C14H8F4O3/c15-8-2-1-3-9(6-8)21-10-4-5-11(13(19)20)12(7-10)14(16,17)18/h1-7H,(H,19,20). The van der Waals surface area contributed by atoms with Crippen LogP contribution in [0, 0.1) is 5.82 Å². The monoisotopic (exact) mass is 300 g/mol. The molecule has 0 amide bonds. The van der Waals surface area contributed by atoms with Crippen molar-refractivity contribution >= 4 is 5.97 Å². The van der Waals surface area contributed by atoms with Gasteiger partial charge in [0.05, 0.1) is 11.1 Å². The number of alkyl halides is 3. The number of carboxylic acid groups (broad SMARTS) is 1. The molecule has 0 aliphatic heterocycles. The first kappa shape index (κ1) is 14.8. The summed E-state index contributed by atoms with van der Waals surface area (Å²) in [4.78, 5) is 10.8. The second kappa shape index (κ2) is 5.43. The van der Waals surface area contributed by atoms with Gasteiger partial charge in [-0.2, -0.15) is 13.2 Å². The lowest BCUT2D eigenvalue weighted by Gasteiger charge is -2.12. The lowest BCUT2D eigenvalue weighted by atomic mass is 10.1. The first-order chi connectivity index (χ1) is 9.77. The molecule has 0 radical (unpaired) electrons. The quantitative estimate of drug-likeness (QED) is 0.858. The summed E-state index contributed by atoms with van der Waals surface area (Å²) in [6, 6.07) is 7.28. The van der Waals surface area contributed by atoms with Gasteiger partial charge >= 0.3 is 12.1 Å². The van der Waals surface area contributed by atoms with Gasteiger partial charge in [0.1, 0.15) is 17.3 Å². The molecule has 0 heterocycles. The van der Waals surface area contributed by atoms with Gasteiger partial charge in [-0.05, 0) is 30.3 Å². The molecule has 7 heteroatoms. The summed E-state index contributed by atoms with van der Waals surface area (Å²) in [5.41, 5.74) is -2.21. The molecule has 0 aromatic heterocycles. The van der Waals surface area contributed by atoms with Gasteiger partial charge in [-0.15, -0.1) is 0 Å². The minimum absolute atomic E-state index is 0.00574. The number of aromatic carboxylic acids is 1. The van der Waals surface area contributed by atoms with Gasteiger partial charge in [-0.25, -0.2) is 9.18 Å². The predicted octanol–water partition coefficient (Wildman–Crippen LogP) is 4.34. The van der Waals surface area contributed by atoms with E-state index in [1.807, 2.05) is 0 Å². The van der Waals surface area contributed by atoms with Crippen LogP contribution in [-0.2, 0) is 6.18 Å². The predicted molar refractivity (Wildman–Crippen MR) is 64.9 cm³/mol. The Labute approximate surface area is 116 Å². The van der Waals surface area contributed by atoms with Gasteiger partial charge in [0.15, 0.2) is 0 Å². The smallest absolute Gasteiger partial charge is 0.417 e. The zero-order chi connectivity index (χ0) is 15.6. The number of rotatable bonds is 3. The summed E-state index contributed by atoms with van der Waals surface area (Å²) in [5.74, 6) is -2.53. The van der Waals surface area contributed by atoms with Crippen LogP contribution in [0.15, 0.2) is 42.5 Å². The van der Waals surface area contributed by atoms with Crippen molar-refractivity contribution < 1.29 is 32.2 Å². The largest absolute Gasteiger partial charge is 0.478 e. The van der Waals surface area contributed by atoms with Crippen molar-refractivity contribution in [3.05, 3.63) is 59.4 Å². The maximum Gasteiger partial charge on any atom is 0.417 e. The van der Waals surface area contributed by atoms with Crippen LogP contribution >= 0.6 is 0 Å². The van der Waals surface area contributed by atoms with E-state index in [9.17, 15) is 22.4 Å². The Balaban J connectivity index is 2.40. The van der Waals surface area contributed by atoms with Gasteiger partial charge < -0.3 is 9.84 Å². The van der Waals surface area contributed by atoms with Crippen LogP contribution in [0.2, 0.25) is 0 Å². The average Bonchev–Trinajstić information content (AvgIpc) is 2.37. The molecule has 0 spiro atoms. The molecule has 2 aromatic carbocycles. The molecule has 2 rings (SSSR count). The second-order valence-corrected chi connectivity index (χ2v) is 4.07. The summed E-state index contributed by atoms with van der Waals surface area (Å²) in [6.07, 6.45) is -4.84. The number of carboxylic acids is 1. The van der Waals surface area contributed by atoms with Gasteiger partial charge in [-0.3, -0.25) is 0 Å². The van der Waals surface area contributed by atoms with Crippen molar-refractivity contribution in [1.29, 1.82) is 0 Å². The van der Waals surface area contributed by atoms with Crippen molar-refractivity contribution in [2.45, 2.75) is 6.18 Å². The molecule has 3 nitrogen and oxygen atoms in total. The highest BCUT2D eigenvalue weighted by atomic mass is 19.4. The topological polar surface area (TPSA) is 46.5 Å². The molecule has 2 aromatic rings. The molecule has 0 unspecified atom stereocenters. The van der Waals surface area contributed by atoms with Crippen LogP contribution in [0.5, 0.6) is 11.5 Å². The summed E-state index contributed by atoms with van der Waals surface area (Å²) >= 11 is 0. The molecular weight excluding hydrogens is 292 g/mol. The average molecular weight is 300 g/mol. The number of ether oxygens (including phenoxy) is 1. The normalized spacial score (nSPS) is 11.2. The molecule has 0 atom stereocenters. The van der Waals surface area contributed by atoms with E-state index in [0.717, 1.165) is 24.3 Å². The minimum Gasteiger partial charge on any atom is -0.478 e. The SMILES string of the molecule is O=C(O)c1ccc(Oc2cccc(F)c2)cc1C(F)(F)F. The summed E-state index contributed by atoms with van der Waals surface area (Å²) in [7, 11) is 0. The van der Waals surface area contributed by atoms with Gasteiger partial charge in [0, 0.05) is 6.07 Å². The number of benzene rings is 2. The highest BCUT2D eigenvalue weighted by Gasteiger charge is 2.35. The van der Waals surface area contributed by atoms with Crippen LogP contribution in [0.4, 0.5) is 17.6 Å². The second-order valence-electron chi connectivity index (χ2n) is 4.07. The Kier molecular flexibility index (Phi) is 3.84. The highest BCUT2D eigenvalue weighted by molar-refractivity contribution is 5.89. The van der Waals surface area contributed by atoms with Crippen molar-refractivity contribution in [2.24, 2.45) is 0 Å². The molecule has 0 saturated heterocycles. The summed E-state index contributed by atoms with van der Waals surface area (Å²) < 4.78 is 56.5. The van der Waals surface area contributed by atoms with Crippen LogP contribution in [-0.4, -0.2) is 11.1 Å². The highest BCUT2D eigenvalue weighted by Crippen LogP contribution is 2.35. The number of hydrogen-bond acceptors (Lipinski definition) is 2. The molecule has 110 valence electrons. The third-order valence-corrected chi connectivity index (χ3v) is 2.56. The van der Waals surface area contributed by atoms with E-state index in [2.05, 4.69) is 0 Å². The van der Waals surface area contributed by atoms with Gasteiger partial charge in [-0.1, -0.05) is 6.07 Å². The zero-order valence-electron chi connectivity index (χ0n) is 10.3. The molecule has 0 fully saturated rings. The van der Waals surface area contributed by atoms with Crippen LogP contribution in [0.1, 0.15) is 15.9 Å². The van der Waals surface area contributed by atoms with Crippen LogP contribution in [0.25, 0.3) is 0 Å². The third kappa shape index (κ3) is 3.50. The molecule has 0 bridgehead atoms. The molecule has 21 heavy (non-hydrogen) atoms. The lowest BCUT2D eigenvalue weighted by Crippen LogP contribution is -2.12. The maximum atomic E-state index is 13.0. The van der Waals surface area contributed by atoms with Gasteiger partial charge in [0.25, 0.3) is 0 Å². The Morgan fingerprint density at radius 1 is 1.05 bits per heavy atom. The summed E-state index contributed by atoms with van der Waals surface area (Å²) in [6.45, 7) is 0. The van der Waals surface area contributed by atoms with Gasteiger partial charge in [0.2, 0.25) is 0 Å². The van der Waals surface area contributed by atoms with Crippen molar-refractivity contribution in [3.8, 4) is 11.5 Å². The molecular formula is C14H8F4O3. The van der Waals surface area contributed by atoms with Crippen LogP contribution in [0.3, 0.4) is 0 Å². The fourth-order valence-electron chi connectivity index (χ4n) is 1.67. The number of halogens is 4. The van der Waals surface area contributed by atoms with Crippen molar-refractivity contribution in [2.75, 3.05) is 0 Å². The number of carbonyl (C=O) groups is 1. The third-order valence-electron chi connectivity index (χ3n) is 2.56. The van der Waals surface area contributed by atoms with E-state index < -0.39 is 29.1 Å². The number of hydrogen-bond donors (Lipinski definition) is 1. The molecule has 0 aliphatic carbocycles. The molecule has 0 aliphatic rings. The molecule has 0 saturated carbocycles. The van der Waals surface area contributed by atoms with E-state index in [4.69, 9.17) is 9.84 Å². The van der Waals surface area contributed by atoms with E-state index >= 15 is 0 Å². The zero-order valence-corrected chi connectivity index (χ0v) is 10.3. The maximum absolute atomic E-state index is 13.0.